The molecule has 1 atom stereocenters. The second-order valence-electron chi connectivity index (χ2n) is 7.64. The van der Waals surface area contributed by atoms with E-state index in [1.165, 1.54) is 42.7 Å². The smallest absolute Gasteiger partial charge is 0.390 e. The molecule has 2 aromatic carbocycles. The molecule has 5 nitrogen and oxygen atoms in total. The summed E-state index contributed by atoms with van der Waals surface area (Å²) >= 11 is 0. The molecule has 1 heterocycles. The normalized spacial score (nSPS) is 17.2. The molecule has 0 aliphatic carbocycles. The average Bonchev–Trinajstić information content (AvgIpc) is 2.78. The molecule has 3 rings (SSSR count). The van der Waals surface area contributed by atoms with Gasteiger partial charge in [0.05, 0.1) is 17.9 Å². The molecule has 0 radical (unpaired) electrons. The second-order valence-corrected chi connectivity index (χ2v) is 7.64. The SMILES string of the molecule is NC=NC=NC(CN1CCC(C(=O)c2ccc(F)cc2)CC1)c1ccc(C(F)(F)F)cc1. The Morgan fingerprint density at radius 3 is 2.28 bits per heavy atom. The lowest BCUT2D eigenvalue weighted by molar-refractivity contribution is -0.137. The fourth-order valence-corrected chi connectivity index (χ4v) is 3.76. The summed E-state index contributed by atoms with van der Waals surface area (Å²) in [5.41, 5.74) is 5.64. The Kier molecular flexibility index (Phi) is 7.74. The molecule has 0 amide bonds. The summed E-state index contributed by atoms with van der Waals surface area (Å²) in [4.78, 5) is 22.9. The van der Waals surface area contributed by atoms with Gasteiger partial charge < -0.3 is 10.6 Å². The van der Waals surface area contributed by atoms with Crippen LogP contribution in [0, 0.1) is 11.7 Å². The van der Waals surface area contributed by atoms with Crippen molar-refractivity contribution in [2.24, 2.45) is 21.6 Å². The van der Waals surface area contributed by atoms with Gasteiger partial charge in [-0.3, -0.25) is 9.79 Å². The zero-order valence-electron chi connectivity index (χ0n) is 17.3. The van der Waals surface area contributed by atoms with E-state index in [0.29, 0.717) is 43.6 Å². The highest BCUT2D eigenvalue weighted by molar-refractivity contribution is 5.97. The zero-order valence-corrected chi connectivity index (χ0v) is 17.3. The molecule has 0 saturated carbocycles. The summed E-state index contributed by atoms with van der Waals surface area (Å²) in [6.07, 6.45) is -0.756. The quantitative estimate of drug-likeness (QED) is 0.294. The highest BCUT2D eigenvalue weighted by Gasteiger charge is 2.31. The fourth-order valence-electron chi connectivity index (χ4n) is 3.76. The number of carbonyl (C=O) groups is 1. The number of ketones is 1. The first-order valence-electron chi connectivity index (χ1n) is 10.2. The van der Waals surface area contributed by atoms with Gasteiger partial charge in [0.15, 0.2) is 5.78 Å². The number of nitrogens with zero attached hydrogens (tertiary/aromatic N) is 3. The number of carbonyl (C=O) groups excluding carboxylic acids is 1. The van der Waals surface area contributed by atoms with Gasteiger partial charge in [0.25, 0.3) is 0 Å². The molecule has 170 valence electrons. The van der Waals surface area contributed by atoms with Crippen molar-refractivity contribution in [2.75, 3.05) is 19.6 Å². The molecule has 1 unspecified atom stereocenters. The van der Waals surface area contributed by atoms with E-state index >= 15 is 0 Å². The average molecular weight is 448 g/mol. The molecular formula is C23H24F4N4O. The lowest BCUT2D eigenvalue weighted by Gasteiger charge is -2.33. The number of aliphatic imine (C=N–C) groups is 2. The van der Waals surface area contributed by atoms with Gasteiger partial charge in [-0.1, -0.05) is 12.1 Å². The van der Waals surface area contributed by atoms with E-state index in [9.17, 15) is 22.4 Å². The Labute approximate surface area is 183 Å². The van der Waals surface area contributed by atoms with Gasteiger partial charge in [0, 0.05) is 18.0 Å². The highest BCUT2D eigenvalue weighted by atomic mass is 19.4. The summed E-state index contributed by atoms with van der Waals surface area (Å²) < 4.78 is 51.7. The molecule has 32 heavy (non-hydrogen) atoms. The van der Waals surface area contributed by atoms with Crippen LogP contribution in [-0.4, -0.2) is 43.0 Å². The van der Waals surface area contributed by atoms with Crippen LogP contribution in [0.3, 0.4) is 0 Å². The van der Waals surface area contributed by atoms with Crippen LogP contribution in [0.1, 0.15) is 40.4 Å². The Hall–Kier alpha value is -3.07. The maximum Gasteiger partial charge on any atom is 0.416 e. The molecule has 0 bridgehead atoms. The van der Waals surface area contributed by atoms with E-state index in [2.05, 4.69) is 14.9 Å². The molecule has 2 N–H and O–H groups in total. The van der Waals surface area contributed by atoms with Gasteiger partial charge in [-0.25, -0.2) is 9.38 Å². The molecule has 1 aliphatic heterocycles. The van der Waals surface area contributed by atoms with Crippen LogP contribution in [0.25, 0.3) is 0 Å². The highest BCUT2D eigenvalue weighted by Crippen LogP contribution is 2.31. The van der Waals surface area contributed by atoms with Gasteiger partial charge in [0.1, 0.15) is 12.2 Å². The molecule has 1 saturated heterocycles. The van der Waals surface area contributed by atoms with Crippen molar-refractivity contribution < 1.29 is 22.4 Å². The summed E-state index contributed by atoms with van der Waals surface area (Å²) in [7, 11) is 0. The minimum absolute atomic E-state index is 0.000701. The minimum Gasteiger partial charge on any atom is -0.390 e. The first kappa shape index (κ1) is 23.6. The van der Waals surface area contributed by atoms with Gasteiger partial charge in [0.2, 0.25) is 0 Å². The maximum atomic E-state index is 13.1. The lowest BCUT2D eigenvalue weighted by atomic mass is 9.88. The molecule has 0 spiro atoms. The van der Waals surface area contributed by atoms with Crippen LogP contribution in [0.15, 0.2) is 58.5 Å². The number of hydrogen-bond donors (Lipinski definition) is 1. The van der Waals surface area contributed by atoms with Crippen molar-refractivity contribution in [1.82, 2.24) is 4.90 Å². The third-order valence-electron chi connectivity index (χ3n) is 5.54. The number of likely N-dealkylation sites (tertiary alicyclic amines) is 1. The van der Waals surface area contributed by atoms with Crippen LogP contribution in [-0.2, 0) is 6.18 Å². The molecule has 1 fully saturated rings. The lowest BCUT2D eigenvalue weighted by Crippen LogP contribution is -2.38. The number of Topliss-reactive ketones (excluding diaryl/α,β-unsaturated/α-hetero) is 1. The van der Waals surface area contributed by atoms with Crippen molar-refractivity contribution in [1.29, 1.82) is 0 Å². The first-order valence-corrected chi connectivity index (χ1v) is 10.2. The predicted octanol–water partition coefficient (Wildman–Crippen LogP) is 4.50. The number of halogens is 4. The zero-order chi connectivity index (χ0) is 23.1. The number of nitrogens with two attached hydrogens (primary N) is 1. The van der Waals surface area contributed by atoms with Crippen LogP contribution >= 0.6 is 0 Å². The van der Waals surface area contributed by atoms with Crippen LogP contribution in [0.4, 0.5) is 17.6 Å². The van der Waals surface area contributed by atoms with E-state index in [1.807, 2.05) is 0 Å². The van der Waals surface area contributed by atoms with Gasteiger partial charge in [-0.15, -0.1) is 0 Å². The fraction of sp³-hybridized carbons (Fsp3) is 0.348. The van der Waals surface area contributed by atoms with Crippen LogP contribution < -0.4 is 5.73 Å². The number of piperidine rings is 1. The van der Waals surface area contributed by atoms with Crippen molar-refractivity contribution in [3.63, 3.8) is 0 Å². The summed E-state index contributed by atoms with van der Waals surface area (Å²) in [6, 6.07) is 10.0. The van der Waals surface area contributed by atoms with E-state index < -0.39 is 17.8 Å². The minimum atomic E-state index is -4.40. The summed E-state index contributed by atoms with van der Waals surface area (Å²) in [6.45, 7) is 1.76. The first-order chi connectivity index (χ1) is 15.3. The van der Waals surface area contributed by atoms with Crippen molar-refractivity contribution in [3.05, 3.63) is 71.0 Å². The largest absolute Gasteiger partial charge is 0.416 e. The van der Waals surface area contributed by atoms with Crippen molar-refractivity contribution in [3.8, 4) is 0 Å². The molecule has 2 aromatic rings. The number of hydrogen-bond acceptors (Lipinski definition) is 3. The topological polar surface area (TPSA) is 71.0 Å². The van der Waals surface area contributed by atoms with Crippen LogP contribution in [0.5, 0.6) is 0 Å². The number of alkyl halides is 3. The molecule has 1 aliphatic rings. The molecule has 0 aromatic heterocycles. The van der Waals surface area contributed by atoms with E-state index in [1.54, 1.807) is 0 Å². The monoisotopic (exact) mass is 448 g/mol. The summed E-state index contributed by atoms with van der Waals surface area (Å²) in [5, 5.41) is 0. The van der Waals surface area contributed by atoms with Crippen molar-refractivity contribution in [2.45, 2.75) is 25.1 Å². The Morgan fingerprint density at radius 1 is 1.09 bits per heavy atom. The van der Waals surface area contributed by atoms with Gasteiger partial charge in [-0.05, 0) is 67.9 Å². The Morgan fingerprint density at radius 2 is 1.72 bits per heavy atom. The third-order valence-corrected chi connectivity index (χ3v) is 5.54. The van der Waals surface area contributed by atoms with E-state index in [4.69, 9.17) is 5.73 Å². The summed E-state index contributed by atoms with van der Waals surface area (Å²) in [5.74, 6) is -0.531. The maximum absolute atomic E-state index is 13.1. The third kappa shape index (κ3) is 6.23. The second kappa shape index (κ2) is 10.5. The molecule has 9 heteroatoms. The number of benzene rings is 2. The van der Waals surface area contributed by atoms with Gasteiger partial charge in [-0.2, -0.15) is 13.2 Å². The standard InChI is InChI=1S/C23H24F4N4O/c24-20-7-3-17(4-8-20)22(32)18-9-11-31(12-10-18)13-21(30-15-29-14-28)16-1-5-19(6-2-16)23(25,26)27/h1-8,14-15,18,21H,9-13H2,(H2,28,29,30). The van der Waals surface area contributed by atoms with Gasteiger partial charge >= 0.3 is 6.18 Å². The van der Waals surface area contributed by atoms with Crippen molar-refractivity contribution >= 4 is 18.5 Å². The Bertz CT molecular complexity index is 947. The molecular weight excluding hydrogens is 424 g/mol. The Balaban J connectivity index is 1.64. The van der Waals surface area contributed by atoms with E-state index in [-0.39, 0.29) is 17.5 Å². The predicted molar refractivity (Wildman–Crippen MR) is 115 cm³/mol. The van der Waals surface area contributed by atoms with E-state index in [0.717, 1.165) is 18.5 Å². The van der Waals surface area contributed by atoms with Crippen LogP contribution in [0.2, 0.25) is 0 Å². The number of rotatable bonds is 7.